The van der Waals surface area contributed by atoms with E-state index in [1.165, 1.54) is 18.1 Å². The number of hydrogen-bond donors (Lipinski definition) is 1. The van der Waals surface area contributed by atoms with Crippen molar-refractivity contribution in [3.63, 3.8) is 0 Å². The first kappa shape index (κ1) is 23.8. The van der Waals surface area contributed by atoms with Gasteiger partial charge in [0.1, 0.15) is 24.7 Å². The molecule has 5 rings (SSSR count). The average molecular weight is 506 g/mol. The number of benzene rings is 3. The summed E-state index contributed by atoms with van der Waals surface area (Å²) in [5, 5.41) is 11.8. The zero-order valence-corrected chi connectivity index (χ0v) is 20.5. The Kier molecular flexibility index (Phi) is 6.33. The van der Waals surface area contributed by atoms with Crippen LogP contribution in [0.1, 0.15) is 29.7 Å². The number of aliphatic hydroxyl groups is 1. The lowest BCUT2D eigenvalue weighted by Crippen LogP contribution is -2.29. The maximum Gasteiger partial charge on any atom is 0.300 e. The molecule has 184 valence electrons. The minimum Gasteiger partial charge on any atom is -0.507 e. The number of ether oxygens (including phenoxy) is 3. The predicted molar refractivity (Wildman–Crippen MR) is 136 cm³/mol. The Morgan fingerprint density at radius 2 is 1.75 bits per heavy atom. The van der Waals surface area contributed by atoms with Crippen molar-refractivity contribution < 1.29 is 28.9 Å². The lowest BCUT2D eigenvalue weighted by molar-refractivity contribution is -0.132. The van der Waals surface area contributed by atoms with Gasteiger partial charge < -0.3 is 19.3 Å². The van der Waals surface area contributed by atoms with Crippen LogP contribution in [0.4, 0.5) is 5.69 Å². The summed E-state index contributed by atoms with van der Waals surface area (Å²) in [6.45, 7) is 2.86. The van der Waals surface area contributed by atoms with Gasteiger partial charge >= 0.3 is 0 Å². The first-order chi connectivity index (χ1) is 17.4. The van der Waals surface area contributed by atoms with Crippen molar-refractivity contribution in [3.8, 4) is 17.2 Å². The van der Waals surface area contributed by atoms with Gasteiger partial charge in [-0.2, -0.15) is 0 Å². The number of aryl methyl sites for hydroxylation is 1. The summed E-state index contributed by atoms with van der Waals surface area (Å²) in [7, 11) is 1.45. The Hall–Kier alpha value is -3.97. The van der Waals surface area contributed by atoms with E-state index in [0.717, 1.165) is 12.0 Å². The molecule has 0 aromatic heterocycles. The Balaban J connectivity index is 1.72. The normalized spacial score (nSPS) is 18.4. The zero-order valence-electron chi connectivity index (χ0n) is 19.8. The van der Waals surface area contributed by atoms with E-state index in [1.807, 2.05) is 31.2 Å². The summed E-state index contributed by atoms with van der Waals surface area (Å²) in [5.41, 5.74) is 2.39. The van der Waals surface area contributed by atoms with Crippen LogP contribution in [-0.2, 0) is 16.0 Å². The Labute approximate surface area is 213 Å². The molecule has 0 radical (unpaired) electrons. The molecule has 1 amide bonds. The molecule has 3 aromatic carbocycles. The lowest BCUT2D eigenvalue weighted by Gasteiger charge is -2.27. The molecule has 8 heteroatoms. The van der Waals surface area contributed by atoms with Gasteiger partial charge in [-0.15, -0.1) is 0 Å². The molecule has 1 saturated heterocycles. The fourth-order valence-electron chi connectivity index (χ4n) is 4.54. The van der Waals surface area contributed by atoms with Crippen LogP contribution in [0.15, 0.2) is 66.2 Å². The highest BCUT2D eigenvalue weighted by Gasteiger charge is 2.47. The predicted octanol–water partition coefficient (Wildman–Crippen LogP) is 5.31. The third-order valence-electron chi connectivity index (χ3n) is 6.37. The van der Waals surface area contributed by atoms with Crippen molar-refractivity contribution in [2.45, 2.75) is 19.4 Å². The first-order valence-electron chi connectivity index (χ1n) is 11.6. The molecule has 1 unspecified atom stereocenters. The molecule has 0 saturated carbocycles. The Bertz CT molecular complexity index is 1380. The van der Waals surface area contributed by atoms with Gasteiger partial charge in [-0.3, -0.25) is 14.5 Å². The molecule has 2 aliphatic heterocycles. The summed E-state index contributed by atoms with van der Waals surface area (Å²) in [4.78, 5) is 28.3. The minimum absolute atomic E-state index is 0.0558. The molecule has 7 nitrogen and oxygen atoms in total. The van der Waals surface area contributed by atoms with Crippen LogP contribution in [0, 0.1) is 0 Å². The number of hydrogen-bond acceptors (Lipinski definition) is 6. The van der Waals surface area contributed by atoms with E-state index in [4.69, 9.17) is 25.8 Å². The number of carbonyl (C=O) groups is 2. The maximum absolute atomic E-state index is 13.4. The van der Waals surface area contributed by atoms with Crippen LogP contribution < -0.4 is 19.1 Å². The Morgan fingerprint density at radius 1 is 1.03 bits per heavy atom. The fraction of sp³-hybridized carbons (Fsp3) is 0.214. The molecular weight excluding hydrogens is 482 g/mol. The van der Waals surface area contributed by atoms with E-state index in [-0.39, 0.29) is 16.9 Å². The van der Waals surface area contributed by atoms with Gasteiger partial charge in [0.2, 0.25) is 0 Å². The number of aliphatic hydroxyl groups excluding tert-OH is 1. The van der Waals surface area contributed by atoms with E-state index < -0.39 is 17.7 Å². The number of Topliss-reactive ketones (excluding diaryl/α,β-unsaturated/α-hetero) is 1. The lowest BCUT2D eigenvalue weighted by atomic mass is 9.94. The largest absolute Gasteiger partial charge is 0.507 e. The molecule has 0 aliphatic carbocycles. The van der Waals surface area contributed by atoms with Crippen LogP contribution in [0.25, 0.3) is 5.76 Å². The standard InChI is InChI=1S/C28H24ClNO6/c1-3-16-4-6-17(7-5-16)25-24(26(31)20-14-18(29)8-10-21(20)34-2)27(32)28(33)30(25)19-9-11-22-23(15-19)36-13-12-35-22/h4-11,14-15,25,31H,3,12-13H2,1-2H3/b26-24+. The average Bonchev–Trinajstić information content (AvgIpc) is 3.18. The van der Waals surface area contributed by atoms with Crippen LogP contribution in [0.2, 0.25) is 5.02 Å². The number of carbonyl (C=O) groups excluding carboxylic acids is 2. The van der Waals surface area contributed by atoms with Crippen LogP contribution >= 0.6 is 11.6 Å². The van der Waals surface area contributed by atoms with Gasteiger partial charge in [-0.05, 0) is 47.9 Å². The molecule has 3 aromatic rings. The van der Waals surface area contributed by atoms with Crippen molar-refractivity contribution in [2.24, 2.45) is 0 Å². The number of methoxy groups -OCH3 is 1. The molecule has 2 heterocycles. The van der Waals surface area contributed by atoms with E-state index in [0.29, 0.717) is 46.7 Å². The molecule has 36 heavy (non-hydrogen) atoms. The number of amides is 1. The maximum atomic E-state index is 13.4. The molecule has 0 bridgehead atoms. The number of ketones is 1. The SMILES string of the molecule is CCc1ccc(C2/C(=C(\O)c3cc(Cl)ccc3OC)C(=O)C(=O)N2c2ccc3c(c2)OCCO3)cc1. The topological polar surface area (TPSA) is 85.3 Å². The van der Waals surface area contributed by atoms with Crippen molar-refractivity contribution in [1.82, 2.24) is 0 Å². The number of anilines is 1. The highest BCUT2D eigenvalue weighted by Crippen LogP contribution is 2.45. The molecule has 0 spiro atoms. The van der Waals surface area contributed by atoms with Gasteiger partial charge in [-0.25, -0.2) is 0 Å². The smallest absolute Gasteiger partial charge is 0.300 e. The summed E-state index contributed by atoms with van der Waals surface area (Å²) in [6, 6.07) is 16.5. The summed E-state index contributed by atoms with van der Waals surface area (Å²) in [6.07, 6.45) is 0.836. The number of nitrogens with zero attached hydrogens (tertiary/aromatic N) is 1. The number of rotatable bonds is 5. The second-order valence-corrected chi connectivity index (χ2v) is 8.87. The summed E-state index contributed by atoms with van der Waals surface area (Å²) < 4.78 is 16.7. The van der Waals surface area contributed by atoms with Crippen molar-refractivity contribution >= 4 is 34.7 Å². The molecule has 2 aliphatic rings. The van der Waals surface area contributed by atoms with Crippen LogP contribution in [-0.4, -0.2) is 37.1 Å². The van der Waals surface area contributed by atoms with Crippen molar-refractivity contribution in [2.75, 3.05) is 25.2 Å². The quantitative estimate of drug-likeness (QED) is 0.287. The van der Waals surface area contributed by atoms with E-state index in [2.05, 4.69) is 0 Å². The highest BCUT2D eigenvalue weighted by molar-refractivity contribution is 6.51. The minimum atomic E-state index is -0.887. The second kappa shape index (κ2) is 9.59. The monoisotopic (exact) mass is 505 g/mol. The van der Waals surface area contributed by atoms with Gasteiger partial charge in [0.15, 0.2) is 11.5 Å². The molecule has 1 atom stereocenters. The van der Waals surface area contributed by atoms with Gasteiger partial charge in [0.05, 0.1) is 24.3 Å². The van der Waals surface area contributed by atoms with E-state index in [1.54, 1.807) is 30.3 Å². The van der Waals surface area contributed by atoms with Crippen LogP contribution in [0.5, 0.6) is 17.2 Å². The number of halogens is 1. The number of fused-ring (bicyclic) bond motifs is 1. The first-order valence-corrected chi connectivity index (χ1v) is 11.9. The molecule has 1 N–H and O–H groups in total. The third-order valence-corrected chi connectivity index (χ3v) is 6.60. The third kappa shape index (κ3) is 4.05. The van der Waals surface area contributed by atoms with E-state index in [9.17, 15) is 14.7 Å². The molecule has 1 fully saturated rings. The van der Waals surface area contributed by atoms with Crippen molar-refractivity contribution in [1.29, 1.82) is 0 Å². The Morgan fingerprint density at radius 3 is 2.44 bits per heavy atom. The highest BCUT2D eigenvalue weighted by atomic mass is 35.5. The zero-order chi connectivity index (χ0) is 25.4. The summed E-state index contributed by atoms with van der Waals surface area (Å²) >= 11 is 6.19. The van der Waals surface area contributed by atoms with Crippen molar-refractivity contribution in [3.05, 3.63) is 87.9 Å². The second-order valence-electron chi connectivity index (χ2n) is 8.44. The van der Waals surface area contributed by atoms with Gasteiger partial charge in [0, 0.05) is 16.8 Å². The van der Waals surface area contributed by atoms with Gasteiger partial charge in [0.25, 0.3) is 11.7 Å². The van der Waals surface area contributed by atoms with Gasteiger partial charge in [-0.1, -0.05) is 42.8 Å². The molecular formula is C28H24ClNO6. The van der Waals surface area contributed by atoms with Crippen LogP contribution in [0.3, 0.4) is 0 Å². The van der Waals surface area contributed by atoms with E-state index >= 15 is 0 Å². The fourth-order valence-corrected chi connectivity index (χ4v) is 4.71. The summed E-state index contributed by atoms with van der Waals surface area (Å²) in [5.74, 6) is -0.570.